The number of amides is 2. The van der Waals surface area contributed by atoms with E-state index in [0.29, 0.717) is 61.8 Å². The Bertz CT molecular complexity index is 1260. The normalized spacial score (nSPS) is 14.6. The summed E-state index contributed by atoms with van der Waals surface area (Å²) in [5.74, 6) is 1.42. The van der Waals surface area contributed by atoms with Gasteiger partial charge in [-0.1, -0.05) is 48.0 Å². The van der Waals surface area contributed by atoms with Crippen molar-refractivity contribution in [3.63, 3.8) is 0 Å². The number of piperidine rings is 1. The van der Waals surface area contributed by atoms with E-state index in [4.69, 9.17) is 21.1 Å². The van der Waals surface area contributed by atoms with Crippen molar-refractivity contribution in [1.82, 2.24) is 9.80 Å². The molecule has 0 atom stereocenters. The quantitative estimate of drug-likeness (QED) is 0.337. The summed E-state index contributed by atoms with van der Waals surface area (Å²) in [5.41, 5.74) is 2.24. The molecule has 1 saturated heterocycles. The summed E-state index contributed by atoms with van der Waals surface area (Å²) in [4.78, 5) is 30.2. The zero-order valence-corrected chi connectivity index (χ0v) is 23.0. The molecule has 7 heteroatoms. The number of likely N-dealkylation sites (tertiary alicyclic amines) is 1. The fourth-order valence-electron chi connectivity index (χ4n) is 4.84. The molecule has 0 radical (unpaired) electrons. The Morgan fingerprint density at radius 3 is 2.39 bits per heavy atom. The summed E-state index contributed by atoms with van der Waals surface area (Å²) < 4.78 is 11.5. The standard InChI is InChI=1S/C31H35ClN2O4/c1-23-18-27(12-13-28(23)32)38-22-31(20-29(35)33(2)21-24-8-5-4-6-9-24)14-16-34(17-15-31)30(36)25-10-7-11-26(19-25)37-3/h4-13,18-19H,14-17,20-22H2,1-3H3. The van der Waals surface area contributed by atoms with E-state index >= 15 is 0 Å². The first kappa shape index (κ1) is 27.5. The number of rotatable bonds is 9. The fraction of sp³-hybridized carbons (Fsp3) is 0.355. The van der Waals surface area contributed by atoms with Crippen molar-refractivity contribution in [2.75, 3.05) is 33.9 Å². The topological polar surface area (TPSA) is 59.1 Å². The molecule has 0 N–H and O–H groups in total. The van der Waals surface area contributed by atoms with Crippen LogP contribution in [0, 0.1) is 12.3 Å². The van der Waals surface area contributed by atoms with Gasteiger partial charge < -0.3 is 19.3 Å². The molecular formula is C31H35ClN2O4. The third kappa shape index (κ3) is 6.87. The van der Waals surface area contributed by atoms with Gasteiger partial charge in [0, 0.05) is 49.1 Å². The lowest BCUT2D eigenvalue weighted by molar-refractivity contribution is -0.134. The van der Waals surface area contributed by atoms with Crippen LogP contribution in [0.15, 0.2) is 72.8 Å². The van der Waals surface area contributed by atoms with Crippen LogP contribution in [0.4, 0.5) is 0 Å². The van der Waals surface area contributed by atoms with Crippen LogP contribution in [0.5, 0.6) is 11.5 Å². The van der Waals surface area contributed by atoms with Gasteiger partial charge in [0.15, 0.2) is 0 Å². The van der Waals surface area contributed by atoms with Crippen molar-refractivity contribution in [1.29, 1.82) is 0 Å². The van der Waals surface area contributed by atoms with Gasteiger partial charge in [0.2, 0.25) is 5.91 Å². The number of methoxy groups -OCH3 is 1. The number of carbonyl (C=O) groups is 2. The highest BCUT2D eigenvalue weighted by Gasteiger charge is 2.39. The Morgan fingerprint density at radius 1 is 0.974 bits per heavy atom. The molecule has 3 aromatic carbocycles. The summed E-state index contributed by atoms with van der Waals surface area (Å²) in [6.45, 7) is 3.98. The van der Waals surface area contributed by atoms with Crippen molar-refractivity contribution in [3.8, 4) is 11.5 Å². The van der Waals surface area contributed by atoms with E-state index in [9.17, 15) is 9.59 Å². The van der Waals surface area contributed by atoms with Gasteiger partial charge in [-0.2, -0.15) is 0 Å². The van der Waals surface area contributed by atoms with E-state index in [0.717, 1.165) is 16.9 Å². The average molecular weight is 535 g/mol. The smallest absolute Gasteiger partial charge is 0.253 e. The van der Waals surface area contributed by atoms with Crippen LogP contribution in [0.25, 0.3) is 0 Å². The van der Waals surface area contributed by atoms with Crippen molar-refractivity contribution < 1.29 is 19.1 Å². The molecule has 1 aliphatic heterocycles. The minimum Gasteiger partial charge on any atom is -0.497 e. The highest BCUT2D eigenvalue weighted by Crippen LogP contribution is 2.37. The highest BCUT2D eigenvalue weighted by atomic mass is 35.5. The minimum atomic E-state index is -0.388. The molecule has 1 fully saturated rings. The van der Waals surface area contributed by atoms with Crippen molar-refractivity contribution >= 4 is 23.4 Å². The number of halogens is 1. The molecule has 3 aromatic rings. The monoisotopic (exact) mass is 534 g/mol. The summed E-state index contributed by atoms with van der Waals surface area (Å²) in [5, 5.41) is 0.689. The van der Waals surface area contributed by atoms with Gasteiger partial charge in [-0.15, -0.1) is 0 Å². The van der Waals surface area contributed by atoms with E-state index < -0.39 is 0 Å². The Hall–Kier alpha value is -3.51. The number of ether oxygens (including phenoxy) is 2. The maximum absolute atomic E-state index is 13.4. The summed E-state index contributed by atoms with van der Waals surface area (Å²) in [7, 11) is 3.43. The number of carbonyl (C=O) groups excluding carboxylic acids is 2. The van der Waals surface area contributed by atoms with Crippen LogP contribution in [0.1, 0.15) is 40.7 Å². The zero-order valence-electron chi connectivity index (χ0n) is 22.3. The molecule has 0 unspecified atom stereocenters. The van der Waals surface area contributed by atoms with Crippen LogP contribution in [-0.4, -0.2) is 55.5 Å². The Balaban J connectivity index is 1.47. The fourth-order valence-corrected chi connectivity index (χ4v) is 4.96. The molecule has 0 aliphatic carbocycles. The molecule has 0 bridgehead atoms. The molecule has 1 heterocycles. The number of nitrogens with zero attached hydrogens (tertiary/aromatic N) is 2. The third-order valence-corrected chi connectivity index (χ3v) is 7.74. The molecule has 4 rings (SSSR count). The second-order valence-corrected chi connectivity index (χ2v) is 10.5. The molecule has 200 valence electrons. The van der Waals surface area contributed by atoms with Crippen LogP contribution in [0.3, 0.4) is 0 Å². The predicted octanol–water partition coefficient (Wildman–Crippen LogP) is 6.01. The van der Waals surface area contributed by atoms with Crippen molar-refractivity contribution in [2.24, 2.45) is 5.41 Å². The average Bonchev–Trinajstić information content (AvgIpc) is 2.94. The molecule has 0 saturated carbocycles. The van der Waals surface area contributed by atoms with E-state index in [2.05, 4.69) is 0 Å². The number of hydrogen-bond donors (Lipinski definition) is 0. The zero-order chi connectivity index (χ0) is 27.1. The third-order valence-electron chi connectivity index (χ3n) is 7.32. The van der Waals surface area contributed by atoms with Crippen LogP contribution in [-0.2, 0) is 11.3 Å². The van der Waals surface area contributed by atoms with E-state index in [-0.39, 0.29) is 17.2 Å². The van der Waals surface area contributed by atoms with Crippen LogP contribution >= 0.6 is 11.6 Å². The highest BCUT2D eigenvalue weighted by molar-refractivity contribution is 6.31. The van der Waals surface area contributed by atoms with Crippen molar-refractivity contribution in [2.45, 2.75) is 32.7 Å². The molecule has 1 aliphatic rings. The maximum atomic E-state index is 13.4. The second kappa shape index (κ2) is 12.4. The van der Waals surface area contributed by atoms with Gasteiger partial charge in [-0.05, 0) is 67.3 Å². The lowest BCUT2D eigenvalue weighted by atomic mass is 9.75. The molecule has 6 nitrogen and oxygen atoms in total. The lowest BCUT2D eigenvalue weighted by Gasteiger charge is -2.42. The molecular weight excluding hydrogens is 500 g/mol. The molecule has 2 amide bonds. The first-order valence-electron chi connectivity index (χ1n) is 12.9. The minimum absolute atomic E-state index is 0.0285. The van der Waals surface area contributed by atoms with E-state index in [1.807, 2.05) is 79.5 Å². The number of aryl methyl sites for hydroxylation is 1. The first-order chi connectivity index (χ1) is 18.3. The van der Waals surface area contributed by atoms with Crippen LogP contribution in [0.2, 0.25) is 5.02 Å². The van der Waals surface area contributed by atoms with Gasteiger partial charge in [-0.25, -0.2) is 0 Å². The largest absolute Gasteiger partial charge is 0.497 e. The first-order valence-corrected chi connectivity index (χ1v) is 13.3. The Labute approximate surface area is 230 Å². The van der Waals surface area contributed by atoms with E-state index in [1.165, 1.54) is 0 Å². The van der Waals surface area contributed by atoms with Gasteiger partial charge in [0.1, 0.15) is 11.5 Å². The van der Waals surface area contributed by atoms with E-state index in [1.54, 1.807) is 24.1 Å². The number of hydrogen-bond acceptors (Lipinski definition) is 4. The molecule has 0 aromatic heterocycles. The number of benzene rings is 3. The Kier molecular flexibility index (Phi) is 8.95. The molecule has 38 heavy (non-hydrogen) atoms. The maximum Gasteiger partial charge on any atom is 0.253 e. The van der Waals surface area contributed by atoms with Gasteiger partial charge in [0.25, 0.3) is 5.91 Å². The van der Waals surface area contributed by atoms with Crippen molar-refractivity contribution in [3.05, 3.63) is 94.5 Å². The lowest BCUT2D eigenvalue weighted by Crippen LogP contribution is -2.47. The SMILES string of the molecule is COc1cccc(C(=O)N2CCC(COc3ccc(Cl)c(C)c3)(CC(=O)N(C)Cc3ccccc3)CC2)c1. The second-order valence-electron chi connectivity index (χ2n) is 10.1. The summed E-state index contributed by atoms with van der Waals surface area (Å²) in [6, 6.07) is 22.8. The van der Waals surface area contributed by atoms with Gasteiger partial charge in [-0.3, -0.25) is 9.59 Å². The summed E-state index contributed by atoms with van der Waals surface area (Å²) >= 11 is 6.19. The molecule has 0 spiro atoms. The van der Waals surface area contributed by atoms with Gasteiger partial charge >= 0.3 is 0 Å². The van der Waals surface area contributed by atoms with Crippen LogP contribution < -0.4 is 9.47 Å². The Morgan fingerprint density at radius 2 is 1.71 bits per heavy atom. The predicted molar refractivity (Wildman–Crippen MR) is 150 cm³/mol. The van der Waals surface area contributed by atoms with Gasteiger partial charge in [0.05, 0.1) is 13.7 Å². The summed E-state index contributed by atoms with van der Waals surface area (Å²) in [6.07, 6.45) is 1.69.